The van der Waals surface area contributed by atoms with Crippen LogP contribution < -0.4 is 5.73 Å². The highest BCUT2D eigenvalue weighted by molar-refractivity contribution is 5.79. The fraction of sp³-hybridized carbons (Fsp3) is 0.875. The molecule has 2 atom stereocenters. The summed E-state index contributed by atoms with van der Waals surface area (Å²) < 4.78 is 15.6. The molecule has 1 rings (SSSR count). The maximum absolute atomic E-state index is 10.9. The minimum absolute atomic E-state index is 0.328. The molecule has 1 fully saturated rings. The first-order valence-electron chi connectivity index (χ1n) is 4.10. The number of ether oxygens (including phenoxy) is 3. The van der Waals surface area contributed by atoms with Crippen LogP contribution in [0.15, 0.2) is 0 Å². The number of hydrogen-bond donors (Lipinski definition) is 1. The Morgan fingerprint density at radius 2 is 2.31 bits per heavy atom. The number of carbonyl (C=O) groups is 1. The summed E-state index contributed by atoms with van der Waals surface area (Å²) in [7, 11) is 1.42. The van der Waals surface area contributed by atoms with E-state index in [1.54, 1.807) is 13.8 Å². The average Bonchev–Trinajstić information content (AvgIpc) is 2.31. The molecule has 0 aliphatic carbocycles. The molecule has 0 aromatic heterocycles. The molecule has 0 aromatic carbocycles. The summed E-state index contributed by atoms with van der Waals surface area (Å²) in [6, 6.07) is 0. The smallest absolute Gasteiger partial charge is 0.249 e. The molecule has 1 amide bonds. The first-order chi connectivity index (χ1) is 5.96. The number of hydrogen-bond acceptors (Lipinski definition) is 4. The van der Waals surface area contributed by atoms with E-state index in [0.717, 1.165) is 0 Å². The van der Waals surface area contributed by atoms with Crippen molar-refractivity contribution in [3.63, 3.8) is 0 Å². The fourth-order valence-corrected chi connectivity index (χ4v) is 1.32. The van der Waals surface area contributed by atoms with Gasteiger partial charge in [-0.2, -0.15) is 0 Å². The van der Waals surface area contributed by atoms with Gasteiger partial charge in [-0.3, -0.25) is 4.79 Å². The Kier molecular flexibility index (Phi) is 2.90. The van der Waals surface area contributed by atoms with Gasteiger partial charge in [0.2, 0.25) is 5.91 Å². The molecular weight excluding hydrogens is 174 g/mol. The van der Waals surface area contributed by atoms with E-state index < -0.39 is 23.9 Å². The van der Waals surface area contributed by atoms with Crippen molar-refractivity contribution in [2.45, 2.75) is 31.8 Å². The zero-order valence-corrected chi connectivity index (χ0v) is 8.07. The topological polar surface area (TPSA) is 70.8 Å². The van der Waals surface area contributed by atoms with Gasteiger partial charge in [0, 0.05) is 7.11 Å². The zero-order valence-electron chi connectivity index (χ0n) is 8.07. The normalized spacial score (nSPS) is 28.7. The number of nitrogens with two attached hydrogens (primary N) is 1. The second-order valence-corrected chi connectivity index (χ2v) is 3.43. The molecule has 1 aliphatic heterocycles. The van der Waals surface area contributed by atoms with E-state index in [1.165, 1.54) is 7.11 Å². The SMILES string of the molecule is CO[C@@H](C(N)=O)[C@@H]1COC(C)(C)O1. The number of amides is 1. The van der Waals surface area contributed by atoms with Crippen LogP contribution in [0.2, 0.25) is 0 Å². The van der Waals surface area contributed by atoms with E-state index in [4.69, 9.17) is 19.9 Å². The van der Waals surface area contributed by atoms with Crippen molar-refractivity contribution in [3.05, 3.63) is 0 Å². The Bertz CT molecular complexity index is 204. The summed E-state index contributed by atoms with van der Waals surface area (Å²) in [4.78, 5) is 10.9. The Balaban J connectivity index is 2.58. The lowest BCUT2D eigenvalue weighted by molar-refractivity contribution is -0.160. The highest BCUT2D eigenvalue weighted by Gasteiger charge is 2.39. The first-order valence-corrected chi connectivity index (χ1v) is 4.10. The molecule has 0 unspecified atom stereocenters. The van der Waals surface area contributed by atoms with Gasteiger partial charge >= 0.3 is 0 Å². The predicted octanol–water partition coefficient (Wildman–Crippen LogP) is -0.362. The van der Waals surface area contributed by atoms with Gasteiger partial charge in [0.1, 0.15) is 6.10 Å². The molecule has 0 aromatic rings. The Morgan fingerprint density at radius 1 is 1.69 bits per heavy atom. The summed E-state index contributed by atoms with van der Waals surface area (Å²) in [5, 5.41) is 0. The monoisotopic (exact) mass is 189 g/mol. The third-order valence-electron chi connectivity index (χ3n) is 1.90. The van der Waals surface area contributed by atoms with Crippen molar-refractivity contribution in [2.75, 3.05) is 13.7 Å². The Morgan fingerprint density at radius 3 is 2.62 bits per heavy atom. The molecule has 1 aliphatic rings. The second kappa shape index (κ2) is 3.61. The summed E-state index contributed by atoms with van der Waals surface area (Å²) in [6.45, 7) is 3.88. The van der Waals surface area contributed by atoms with Gasteiger partial charge in [0.15, 0.2) is 11.9 Å². The maximum atomic E-state index is 10.9. The number of rotatable bonds is 3. The summed E-state index contributed by atoms with van der Waals surface area (Å²) in [5.41, 5.74) is 5.12. The van der Waals surface area contributed by atoms with Crippen LogP contribution in [0.1, 0.15) is 13.8 Å². The second-order valence-electron chi connectivity index (χ2n) is 3.43. The molecule has 76 valence electrons. The minimum atomic E-state index is -0.734. The lowest BCUT2D eigenvalue weighted by Gasteiger charge is -2.20. The van der Waals surface area contributed by atoms with Crippen molar-refractivity contribution in [2.24, 2.45) is 5.73 Å². The van der Waals surface area contributed by atoms with Crippen molar-refractivity contribution in [1.29, 1.82) is 0 Å². The molecule has 0 radical (unpaired) electrons. The van der Waals surface area contributed by atoms with Gasteiger partial charge in [-0.15, -0.1) is 0 Å². The van der Waals surface area contributed by atoms with Crippen molar-refractivity contribution in [1.82, 2.24) is 0 Å². The Labute approximate surface area is 77.1 Å². The van der Waals surface area contributed by atoms with Gasteiger partial charge in [0.25, 0.3) is 0 Å². The number of primary amides is 1. The molecule has 1 heterocycles. The zero-order chi connectivity index (χ0) is 10.1. The number of carbonyl (C=O) groups excluding carboxylic acids is 1. The summed E-state index contributed by atoms with van der Waals surface area (Å²) in [5.74, 6) is -1.19. The predicted molar refractivity (Wildman–Crippen MR) is 44.9 cm³/mol. The average molecular weight is 189 g/mol. The summed E-state index contributed by atoms with van der Waals surface area (Å²) >= 11 is 0. The lowest BCUT2D eigenvalue weighted by atomic mass is 10.2. The third kappa shape index (κ3) is 2.40. The van der Waals surface area contributed by atoms with E-state index >= 15 is 0 Å². The van der Waals surface area contributed by atoms with Gasteiger partial charge in [-0.1, -0.05) is 0 Å². The molecule has 5 heteroatoms. The van der Waals surface area contributed by atoms with Gasteiger partial charge in [-0.05, 0) is 13.8 Å². The molecule has 0 bridgehead atoms. The molecule has 1 saturated heterocycles. The molecule has 5 nitrogen and oxygen atoms in total. The van der Waals surface area contributed by atoms with Gasteiger partial charge in [0.05, 0.1) is 6.61 Å². The van der Waals surface area contributed by atoms with E-state index in [1.807, 2.05) is 0 Å². The fourth-order valence-electron chi connectivity index (χ4n) is 1.32. The van der Waals surface area contributed by atoms with Crippen LogP contribution in [0.4, 0.5) is 0 Å². The van der Waals surface area contributed by atoms with Crippen LogP contribution >= 0.6 is 0 Å². The van der Waals surface area contributed by atoms with Crippen LogP contribution in [0.3, 0.4) is 0 Å². The van der Waals surface area contributed by atoms with E-state index in [0.29, 0.717) is 6.61 Å². The first kappa shape index (κ1) is 10.4. The maximum Gasteiger partial charge on any atom is 0.249 e. The van der Waals surface area contributed by atoms with Crippen LogP contribution in [-0.4, -0.2) is 37.6 Å². The lowest BCUT2D eigenvalue weighted by Crippen LogP contribution is -2.42. The summed E-state index contributed by atoms with van der Waals surface area (Å²) in [6.07, 6.45) is -1.14. The van der Waals surface area contributed by atoms with E-state index in [9.17, 15) is 4.79 Å². The molecule has 2 N–H and O–H groups in total. The van der Waals surface area contributed by atoms with Crippen LogP contribution in [0.5, 0.6) is 0 Å². The van der Waals surface area contributed by atoms with Crippen LogP contribution in [-0.2, 0) is 19.0 Å². The Hall–Kier alpha value is -0.650. The standard InChI is InChI=1S/C8H15NO4/c1-8(2)12-4-5(13-8)6(11-3)7(9)10/h5-6H,4H2,1-3H3,(H2,9,10)/t5-,6+/m0/s1. The quantitative estimate of drug-likeness (QED) is 0.658. The number of methoxy groups -OCH3 is 1. The molecule has 13 heavy (non-hydrogen) atoms. The minimum Gasteiger partial charge on any atom is -0.369 e. The van der Waals surface area contributed by atoms with E-state index in [-0.39, 0.29) is 0 Å². The third-order valence-corrected chi connectivity index (χ3v) is 1.90. The molecule has 0 spiro atoms. The molecular formula is C8H15NO4. The molecule has 0 saturated carbocycles. The van der Waals surface area contributed by atoms with Crippen molar-refractivity contribution >= 4 is 5.91 Å². The van der Waals surface area contributed by atoms with Crippen molar-refractivity contribution in [3.8, 4) is 0 Å². The van der Waals surface area contributed by atoms with Gasteiger partial charge in [-0.25, -0.2) is 0 Å². The van der Waals surface area contributed by atoms with Crippen molar-refractivity contribution < 1.29 is 19.0 Å². The van der Waals surface area contributed by atoms with Crippen LogP contribution in [0.25, 0.3) is 0 Å². The van der Waals surface area contributed by atoms with E-state index in [2.05, 4.69) is 0 Å². The highest BCUT2D eigenvalue weighted by Crippen LogP contribution is 2.24. The van der Waals surface area contributed by atoms with Crippen LogP contribution in [0, 0.1) is 0 Å². The van der Waals surface area contributed by atoms with Gasteiger partial charge < -0.3 is 19.9 Å². The highest BCUT2D eigenvalue weighted by atomic mass is 16.7. The largest absolute Gasteiger partial charge is 0.369 e.